The molecule has 0 aliphatic rings. The zero-order chi connectivity index (χ0) is 20.3. The van der Waals surface area contributed by atoms with Gasteiger partial charge < -0.3 is 9.80 Å². The van der Waals surface area contributed by atoms with Gasteiger partial charge in [-0.25, -0.2) is 9.37 Å². The van der Waals surface area contributed by atoms with E-state index < -0.39 is 5.41 Å². The lowest BCUT2D eigenvalue weighted by molar-refractivity contribution is -0.125. The van der Waals surface area contributed by atoms with Crippen molar-refractivity contribution < 1.29 is 9.18 Å². The number of carbonyl (C=O) groups is 1. The molecule has 0 aliphatic carbocycles. The first-order chi connectivity index (χ1) is 13.3. The van der Waals surface area contributed by atoms with Crippen molar-refractivity contribution in [3.05, 3.63) is 71.5 Å². The Balaban J connectivity index is 1.86. The quantitative estimate of drug-likeness (QED) is 0.560. The highest BCUT2D eigenvalue weighted by atomic mass is 32.1. The zero-order valence-electron chi connectivity index (χ0n) is 16.5. The van der Waals surface area contributed by atoms with Crippen LogP contribution in [0.15, 0.2) is 60.0 Å². The molecule has 2 aromatic carbocycles. The van der Waals surface area contributed by atoms with Crippen molar-refractivity contribution in [2.24, 2.45) is 5.41 Å². The van der Waals surface area contributed by atoms with E-state index in [2.05, 4.69) is 0 Å². The highest BCUT2D eigenvalue weighted by Gasteiger charge is 2.29. The minimum atomic E-state index is -0.561. The molecule has 0 fully saturated rings. The molecule has 0 saturated heterocycles. The first-order valence-electron chi connectivity index (χ1n) is 9.06. The summed E-state index contributed by atoms with van der Waals surface area (Å²) in [6, 6.07) is 16.0. The van der Waals surface area contributed by atoms with Crippen LogP contribution in [-0.2, 0) is 11.3 Å². The van der Waals surface area contributed by atoms with E-state index in [4.69, 9.17) is 4.98 Å². The van der Waals surface area contributed by atoms with Crippen LogP contribution >= 0.6 is 11.3 Å². The maximum Gasteiger partial charge on any atom is 0.232 e. The molecule has 0 bridgehead atoms. The van der Waals surface area contributed by atoms with Gasteiger partial charge in [-0.05, 0) is 36.4 Å². The first kappa shape index (κ1) is 20.0. The summed E-state index contributed by atoms with van der Waals surface area (Å²) in [6.07, 6.45) is 0. The van der Waals surface area contributed by atoms with Gasteiger partial charge in [-0.1, -0.05) is 39.0 Å². The summed E-state index contributed by atoms with van der Waals surface area (Å²) in [5.41, 5.74) is 1.94. The second kappa shape index (κ2) is 8.10. The van der Waals surface area contributed by atoms with E-state index in [0.717, 1.165) is 16.5 Å². The molecule has 4 nitrogen and oxygen atoms in total. The van der Waals surface area contributed by atoms with E-state index in [-0.39, 0.29) is 11.7 Å². The van der Waals surface area contributed by atoms with Crippen LogP contribution in [0.4, 0.5) is 20.9 Å². The van der Waals surface area contributed by atoms with Gasteiger partial charge >= 0.3 is 0 Å². The second-order valence-electron chi connectivity index (χ2n) is 7.63. The highest BCUT2D eigenvalue weighted by molar-refractivity contribution is 7.13. The predicted octanol–water partition coefficient (Wildman–Crippen LogP) is 5.63. The van der Waals surface area contributed by atoms with Crippen LogP contribution in [0.2, 0.25) is 0 Å². The average Bonchev–Trinajstić information content (AvgIpc) is 3.14. The molecule has 0 N–H and O–H groups in total. The molecule has 0 saturated carbocycles. The van der Waals surface area contributed by atoms with E-state index in [0.29, 0.717) is 12.2 Å². The van der Waals surface area contributed by atoms with Crippen LogP contribution in [0.1, 0.15) is 26.5 Å². The van der Waals surface area contributed by atoms with Crippen LogP contribution < -0.4 is 9.80 Å². The third kappa shape index (κ3) is 4.57. The smallest absolute Gasteiger partial charge is 0.232 e. The number of thiazole rings is 1. The van der Waals surface area contributed by atoms with Crippen molar-refractivity contribution in [1.82, 2.24) is 4.98 Å². The Morgan fingerprint density at radius 3 is 2.29 bits per heavy atom. The van der Waals surface area contributed by atoms with E-state index in [1.807, 2.05) is 68.4 Å². The van der Waals surface area contributed by atoms with Crippen molar-refractivity contribution in [2.45, 2.75) is 27.3 Å². The number of benzene rings is 2. The summed E-state index contributed by atoms with van der Waals surface area (Å²) < 4.78 is 13.3. The van der Waals surface area contributed by atoms with Gasteiger partial charge in [-0.15, -0.1) is 11.3 Å². The number of nitrogens with zero attached hydrogens (tertiary/aromatic N) is 3. The van der Waals surface area contributed by atoms with Crippen LogP contribution in [0.3, 0.4) is 0 Å². The van der Waals surface area contributed by atoms with Gasteiger partial charge in [0, 0.05) is 29.2 Å². The number of para-hydroxylation sites is 1. The lowest BCUT2D eigenvalue weighted by Gasteiger charge is -2.29. The maximum atomic E-state index is 13.3. The summed E-state index contributed by atoms with van der Waals surface area (Å²) in [7, 11) is 1.97. The summed E-state index contributed by atoms with van der Waals surface area (Å²) >= 11 is 1.53. The fraction of sp³-hybridized carbons (Fsp3) is 0.273. The van der Waals surface area contributed by atoms with E-state index in [1.165, 1.54) is 23.5 Å². The third-order valence-corrected chi connectivity index (χ3v) is 5.28. The number of halogens is 1. The number of hydrogen-bond acceptors (Lipinski definition) is 4. The third-order valence-electron chi connectivity index (χ3n) is 4.32. The molecule has 3 aromatic rings. The lowest BCUT2D eigenvalue weighted by atomic mass is 9.94. The standard InChI is InChI=1S/C22H24FN3OS/c1-22(2,3)20(27)26(19-12-10-16(23)11-13-19)14-17-15-28-21(24-17)25(4)18-8-6-5-7-9-18/h5-13,15H,14H2,1-4H3. The lowest BCUT2D eigenvalue weighted by Crippen LogP contribution is -2.39. The Kier molecular flexibility index (Phi) is 5.79. The van der Waals surface area contributed by atoms with Gasteiger partial charge in [0.1, 0.15) is 5.82 Å². The maximum absolute atomic E-state index is 13.3. The molecule has 6 heteroatoms. The molecule has 0 unspecified atom stereocenters. The van der Waals surface area contributed by atoms with Gasteiger partial charge in [0.2, 0.25) is 5.91 Å². The van der Waals surface area contributed by atoms with Gasteiger partial charge in [0.05, 0.1) is 12.2 Å². The molecule has 0 radical (unpaired) electrons. The Hall–Kier alpha value is -2.73. The summed E-state index contributed by atoms with van der Waals surface area (Å²) in [4.78, 5) is 21.4. The van der Waals surface area contributed by atoms with E-state index in [9.17, 15) is 9.18 Å². The number of aromatic nitrogens is 1. The van der Waals surface area contributed by atoms with Gasteiger partial charge in [-0.3, -0.25) is 4.79 Å². The molecular weight excluding hydrogens is 373 g/mol. The SMILES string of the molecule is CN(c1ccccc1)c1nc(CN(C(=O)C(C)(C)C)c2ccc(F)cc2)cs1. The number of hydrogen-bond donors (Lipinski definition) is 0. The van der Waals surface area contributed by atoms with Crippen LogP contribution in [0.25, 0.3) is 0 Å². The molecule has 0 atom stereocenters. The minimum Gasteiger partial charge on any atom is -0.321 e. The number of carbonyl (C=O) groups excluding carboxylic acids is 1. The molecule has 3 rings (SSSR count). The Morgan fingerprint density at radius 2 is 1.68 bits per heavy atom. The normalized spacial score (nSPS) is 11.3. The molecular formula is C22H24FN3OS. The van der Waals surface area contributed by atoms with Gasteiger partial charge in [0.25, 0.3) is 0 Å². The Morgan fingerprint density at radius 1 is 1.04 bits per heavy atom. The first-order valence-corrected chi connectivity index (χ1v) is 9.94. The monoisotopic (exact) mass is 397 g/mol. The number of amides is 1. The minimum absolute atomic E-state index is 0.0370. The second-order valence-corrected chi connectivity index (χ2v) is 8.47. The molecule has 0 spiro atoms. The van der Waals surface area contributed by atoms with Crippen molar-refractivity contribution >= 4 is 33.8 Å². The van der Waals surface area contributed by atoms with Crippen molar-refractivity contribution in [2.75, 3.05) is 16.8 Å². The molecule has 28 heavy (non-hydrogen) atoms. The molecule has 146 valence electrons. The van der Waals surface area contributed by atoms with Gasteiger partial charge in [0.15, 0.2) is 5.13 Å². The fourth-order valence-corrected chi connectivity index (χ4v) is 3.56. The van der Waals surface area contributed by atoms with Crippen LogP contribution in [-0.4, -0.2) is 17.9 Å². The number of rotatable bonds is 5. The van der Waals surface area contributed by atoms with E-state index in [1.54, 1.807) is 17.0 Å². The largest absolute Gasteiger partial charge is 0.321 e. The van der Waals surface area contributed by atoms with Crippen LogP contribution in [0, 0.1) is 11.2 Å². The topological polar surface area (TPSA) is 36.4 Å². The Labute approximate surface area is 169 Å². The summed E-state index contributed by atoms with van der Waals surface area (Å²) in [5, 5.41) is 2.81. The molecule has 0 aliphatic heterocycles. The molecule has 1 heterocycles. The highest BCUT2D eigenvalue weighted by Crippen LogP contribution is 2.29. The van der Waals surface area contributed by atoms with E-state index >= 15 is 0 Å². The number of anilines is 3. The summed E-state index contributed by atoms with van der Waals surface area (Å²) in [5.74, 6) is -0.364. The fourth-order valence-electron chi connectivity index (χ4n) is 2.75. The van der Waals surface area contributed by atoms with Crippen molar-refractivity contribution in [3.8, 4) is 0 Å². The van der Waals surface area contributed by atoms with Gasteiger partial charge in [-0.2, -0.15) is 0 Å². The van der Waals surface area contributed by atoms with Crippen LogP contribution in [0.5, 0.6) is 0 Å². The zero-order valence-corrected chi connectivity index (χ0v) is 17.3. The predicted molar refractivity (Wildman–Crippen MR) is 114 cm³/mol. The van der Waals surface area contributed by atoms with Crippen molar-refractivity contribution in [3.63, 3.8) is 0 Å². The molecule has 1 amide bonds. The summed E-state index contributed by atoms with van der Waals surface area (Å²) in [6.45, 7) is 5.96. The Bertz CT molecular complexity index is 932. The molecule has 1 aromatic heterocycles. The van der Waals surface area contributed by atoms with Crippen molar-refractivity contribution in [1.29, 1.82) is 0 Å². The average molecular weight is 398 g/mol.